The lowest BCUT2D eigenvalue weighted by atomic mass is 9.62. The van der Waals surface area contributed by atoms with Gasteiger partial charge in [-0.2, -0.15) is 0 Å². The van der Waals surface area contributed by atoms with Crippen molar-refractivity contribution in [2.24, 2.45) is 41.4 Å². The minimum absolute atomic E-state index is 0. The molecule has 0 amide bonds. The molecule has 0 nitrogen and oxygen atoms in total. The lowest BCUT2D eigenvalue weighted by molar-refractivity contribution is 0.0673. The molecule has 2 rings (SSSR count). The van der Waals surface area contributed by atoms with Gasteiger partial charge in [-0.25, -0.2) is 0 Å². The van der Waals surface area contributed by atoms with Gasteiger partial charge in [0.15, 0.2) is 0 Å². The third-order valence-electron chi connectivity index (χ3n) is 7.08. The fourth-order valence-corrected chi connectivity index (χ4v) is 5.83. The summed E-state index contributed by atoms with van der Waals surface area (Å²) in [6.07, 6.45) is 15.5. The van der Waals surface area contributed by atoms with Gasteiger partial charge in [-0.15, -0.1) is 6.58 Å². The molecular weight excluding hydrogens is 324 g/mol. The molecule has 166 valence electrons. The number of hydrogen-bond donors (Lipinski definition) is 0. The molecule has 0 saturated heterocycles. The van der Waals surface area contributed by atoms with Gasteiger partial charge >= 0.3 is 0 Å². The van der Waals surface area contributed by atoms with E-state index in [0.29, 0.717) is 0 Å². The number of rotatable bonds is 8. The second kappa shape index (κ2) is 16.7. The highest BCUT2D eigenvalue weighted by molar-refractivity contribution is 4.97. The quantitative estimate of drug-likeness (QED) is 0.289. The highest BCUT2D eigenvalue weighted by Gasteiger charge is 2.45. The molecule has 27 heavy (non-hydrogen) atoms. The van der Waals surface area contributed by atoms with E-state index < -0.39 is 0 Å². The summed E-state index contributed by atoms with van der Waals surface area (Å²) in [5.74, 6) is 6.67. The molecule has 0 aromatic heterocycles. The van der Waals surface area contributed by atoms with Crippen molar-refractivity contribution in [1.29, 1.82) is 0 Å². The third kappa shape index (κ3) is 8.74. The summed E-state index contributed by atoms with van der Waals surface area (Å²) in [4.78, 5) is 0. The summed E-state index contributed by atoms with van der Waals surface area (Å²) in [6, 6.07) is 0. The minimum Gasteiger partial charge on any atom is -0.103 e. The Morgan fingerprint density at radius 2 is 1.48 bits per heavy atom. The average Bonchev–Trinajstić information content (AvgIpc) is 3.01. The van der Waals surface area contributed by atoms with Crippen LogP contribution in [-0.4, -0.2) is 0 Å². The molecule has 2 aliphatic rings. The predicted octanol–water partition coefficient (Wildman–Crippen LogP) is 10.0. The highest BCUT2D eigenvalue weighted by Crippen LogP contribution is 2.54. The van der Waals surface area contributed by atoms with Crippen molar-refractivity contribution in [1.82, 2.24) is 0 Å². The lowest BCUT2D eigenvalue weighted by Crippen LogP contribution is -2.36. The Kier molecular flexibility index (Phi) is 19.4. The Bertz CT molecular complexity index is 329. The lowest BCUT2D eigenvalue weighted by Gasteiger charge is -2.43. The first kappa shape index (κ1) is 31.4. The smallest absolute Gasteiger partial charge is 0.0234 e. The summed E-state index contributed by atoms with van der Waals surface area (Å²) in [6.45, 7) is 17.6. The molecule has 0 aromatic rings. The van der Waals surface area contributed by atoms with E-state index in [0.717, 1.165) is 41.4 Å². The van der Waals surface area contributed by atoms with Crippen molar-refractivity contribution >= 4 is 0 Å². The van der Waals surface area contributed by atoms with Gasteiger partial charge in [0.05, 0.1) is 0 Å². The maximum Gasteiger partial charge on any atom is -0.0234 e. The zero-order chi connectivity index (χ0) is 18.1. The Morgan fingerprint density at radius 3 is 2.00 bits per heavy atom. The molecular formula is C27H58. The number of unbranched alkanes of at least 4 members (excludes halogenated alkanes) is 1. The SMILES string of the molecule is C.C.C.C=C[C@@H](C)C1CCC2C(CCCCC(C)C)CCC2C1CC.CC. The topological polar surface area (TPSA) is 0 Å². The van der Waals surface area contributed by atoms with Crippen LogP contribution in [0.25, 0.3) is 0 Å². The highest BCUT2D eigenvalue weighted by atomic mass is 14.5. The van der Waals surface area contributed by atoms with E-state index in [-0.39, 0.29) is 22.3 Å². The van der Waals surface area contributed by atoms with Crippen molar-refractivity contribution in [2.75, 3.05) is 0 Å². The van der Waals surface area contributed by atoms with Gasteiger partial charge in [-0.05, 0) is 67.1 Å². The Morgan fingerprint density at radius 1 is 0.889 bits per heavy atom. The van der Waals surface area contributed by atoms with Crippen LogP contribution in [0.15, 0.2) is 12.7 Å². The van der Waals surface area contributed by atoms with Crippen LogP contribution in [0.1, 0.15) is 122 Å². The zero-order valence-corrected chi connectivity index (χ0v) is 17.7. The van der Waals surface area contributed by atoms with E-state index in [1.165, 1.54) is 57.8 Å². The van der Waals surface area contributed by atoms with Crippen LogP contribution in [0.5, 0.6) is 0 Å². The molecule has 5 unspecified atom stereocenters. The molecule has 0 radical (unpaired) electrons. The fourth-order valence-electron chi connectivity index (χ4n) is 5.83. The summed E-state index contributed by atoms with van der Waals surface area (Å²) >= 11 is 0. The molecule has 0 heteroatoms. The van der Waals surface area contributed by atoms with E-state index in [1.54, 1.807) is 0 Å². The van der Waals surface area contributed by atoms with Crippen LogP contribution in [0.2, 0.25) is 0 Å². The molecule has 0 aromatic carbocycles. The van der Waals surface area contributed by atoms with E-state index in [4.69, 9.17) is 0 Å². The van der Waals surface area contributed by atoms with Gasteiger partial charge in [0, 0.05) is 0 Å². The number of hydrogen-bond acceptors (Lipinski definition) is 0. The van der Waals surface area contributed by atoms with Crippen LogP contribution in [-0.2, 0) is 0 Å². The maximum absolute atomic E-state index is 4.07. The summed E-state index contributed by atoms with van der Waals surface area (Å²) in [7, 11) is 0. The van der Waals surface area contributed by atoms with Gasteiger partial charge in [-0.3, -0.25) is 0 Å². The molecule has 2 saturated carbocycles. The van der Waals surface area contributed by atoms with Crippen molar-refractivity contribution in [3.8, 4) is 0 Å². The normalized spacial score (nSPS) is 29.8. The molecule has 0 bridgehead atoms. The van der Waals surface area contributed by atoms with Crippen LogP contribution in [0.4, 0.5) is 0 Å². The Hall–Kier alpha value is -0.260. The van der Waals surface area contributed by atoms with Crippen molar-refractivity contribution < 1.29 is 0 Å². The van der Waals surface area contributed by atoms with E-state index in [9.17, 15) is 0 Å². The van der Waals surface area contributed by atoms with Crippen LogP contribution < -0.4 is 0 Å². The van der Waals surface area contributed by atoms with Gasteiger partial charge < -0.3 is 0 Å². The van der Waals surface area contributed by atoms with Crippen LogP contribution in [0, 0.1) is 41.4 Å². The fraction of sp³-hybridized carbons (Fsp3) is 0.926. The molecule has 0 heterocycles. The maximum atomic E-state index is 4.07. The van der Waals surface area contributed by atoms with Crippen molar-refractivity contribution in [3.63, 3.8) is 0 Å². The second-order valence-electron chi connectivity index (χ2n) is 8.75. The van der Waals surface area contributed by atoms with E-state index in [2.05, 4.69) is 40.3 Å². The molecule has 0 spiro atoms. The molecule has 2 fully saturated rings. The van der Waals surface area contributed by atoms with Crippen molar-refractivity contribution in [3.05, 3.63) is 12.7 Å². The predicted molar refractivity (Wildman–Crippen MR) is 130 cm³/mol. The third-order valence-corrected chi connectivity index (χ3v) is 7.08. The summed E-state index contributed by atoms with van der Waals surface area (Å²) in [5, 5.41) is 0. The van der Waals surface area contributed by atoms with Crippen LogP contribution >= 0.6 is 0 Å². The van der Waals surface area contributed by atoms with Gasteiger partial charge in [-0.1, -0.05) is 102 Å². The van der Waals surface area contributed by atoms with Crippen LogP contribution in [0.3, 0.4) is 0 Å². The average molecular weight is 383 g/mol. The minimum atomic E-state index is 0. The second-order valence-corrected chi connectivity index (χ2v) is 8.75. The standard InChI is InChI=1S/C22H40.C2H6.3CH4/c1-6-17(5)20-14-15-21-18(11-9-8-10-16(3)4)12-13-22(21)19(20)7-2;1-2;;;/h6,16-22H,1,7-15H2,2-5H3;1-2H3;3*1H4/t17-,18?,19?,20?,21?,22?;;;;/m1..../s1. The van der Waals surface area contributed by atoms with Crippen molar-refractivity contribution in [2.45, 2.75) is 122 Å². The monoisotopic (exact) mass is 382 g/mol. The first-order valence-electron chi connectivity index (χ1n) is 11.2. The molecule has 6 atom stereocenters. The first-order chi connectivity index (χ1) is 11.6. The molecule has 2 aliphatic carbocycles. The Balaban J connectivity index is -0.00000111. The van der Waals surface area contributed by atoms with Gasteiger partial charge in [0.1, 0.15) is 0 Å². The molecule has 0 N–H and O–H groups in total. The number of allylic oxidation sites excluding steroid dienone is 1. The van der Waals surface area contributed by atoms with Gasteiger partial charge in [0.25, 0.3) is 0 Å². The zero-order valence-electron chi connectivity index (χ0n) is 17.7. The van der Waals surface area contributed by atoms with E-state index in [1.807, 2.05) is 13.8 Å². The summed E-state index contributed by atoms with van der Waals surface area (Å²) in [5.41, 5.74) is 0. The van der Waals surface area contributed by atoms with Gasteiger partial charge in [0.2, 0.25) is 0 Å². The first-order valence-corrected chi connectivity index (χ1v) is 11.2. The van der Waals surface area contributed by atoms with E-state index >= 15 is 0 Å². The largest absolute Gasteiger partial charge is 0.103 e. The molecule has 0 aliphatic heterocycles. The summed E-state index contributed by atoms with van der Waals surface area (Å²) < 4.78 is 0. The Labute approximate surface area is 176 Å². The number of fused-ring (bicyclic) bond motifs is 1.